The smallest absolute Gasteiger partial charge is 0.152 e. The number of nitrogens with two attached hydrogens (primary N) is 1. The van der Waals surface area contributed by atoms with Crippen molar-refractivity contribution >= 4 is 39.8 Å². The summed E-state index contributed by atoms with van der Waals surface area (Å²) < 4.78 is 0. The van der Waals surface area contributed by atoms with Gasteiger partial charge in [0.25, 0.3) is 0 Å². The first-order valence-electron chi connectivity index (χ1n) is 4.10. The summed E-state index contributed by atoms with van der Waals surface area (Å²) in [5, 5.41) is 1.96. The zero-order chi connectivity index (χ0) is 10.3. The number of aryl methyl sites for hydroxylation is 1. The summed E-state index contributed by atoms with van der Waals surface area (Å²) in [7, 11) is 0. The van der Waals surface area contributed by atoms with Crippen molar-refractivity contribution in [1.82, 2.24) is 4.98 Å². The first-order valence-corrected chi connectivity index (χ1v) is 4.85. The van der Waals surface area contributed by atoms with Crippen molar-refractivity contribution in [2.75, 3.05) is 5.73 Å². The van der Waals surface area contributed by atoms with E-state index in [1.165, 1.54) is 0 Å². The van der Waals surface area contributed by atoms with Gasteiger partial charge in [0.15, 0.2) is 5.15 Å². The van der Waals surface area contributed by atoms with Gasteiger partial charge in [-0.2, -0.15) is 0 Å². The molecule has 1 heterocycles. The van der Waals surface area contributed by atoms with Crippen molar-refractivity contribution in [1.29, 1.82) is 0 Å². The third-order valence-electron chi connectivity index (χ3n) is 2.09. The molecule has 4 heteroatoms. The number of anilines is 1. The maximum absolute atomic E-state index is 5.90. The Labute approximate surface area is 91.6 Å². The van der Waals surface area contributed by atoms with Crippen LogP contribution in [0.4, 0.5) is 5.69 Å². The van der Waals surface area contributed by atoms with Crippen LogP contribution in [0.3, 0.4) is 0 Å². The number of fused-ring (bicyclic) bond motifs is 1. The Morgan fingerprint density at radius 3 is 2.64 bits per heavy atom. The van der Waals surface area contributed by atoms with E-state index in [1.54, 1.807) is 6.07 Å². The second-order valence-corrected chi connectivity index (χ2v) is 3.95. The van der Waals surface area contributed by atoms with E-state index in [2.05, 4.69) is 4.98 Å². The number of rotatable bonds is 0. The Morgan fingerprint density at radius 1 is 1.21 bits per heavy atom. The van der Waals surface area contributed by atoms with Gasteiger partial charge >= 0.3 is 0 Å². The molecular formula is C10H8Cl2N2. The van der Waals surface area contributed by atoms with Crippen molar-refractivity contribution in [3.8, 4) is 0 Å². The predicted molar refractivity (Wildman–Crippen MR) is 60.9 cm³/mol. The number of pyridine rings is 1. The molecule has 72 valence electrons. The van der Waals surface area contributed by atoms with Gasteiger partial charge < -0.3 is 5.73 Å². The van der Waals surface area contributed by atoms with Gasteiger partial charge in [0.05, 0.1) is 11.2 Å². The molecule has 0 saturated heterocycles. The lowest BCUT2D eigenvalue weighted by atomic mass is 10.1. The predicted octanol–water partition coefficient (Wildman–Crippen LogP) is 3.43. The molecule has 0 saturated carbocycles. The Bertz CT molecular complexity index is 509. The van der Waals surface area contributed by atoms with E-state index in [-0.39, 0.29) is 0 Å². The van der Waals surface area contributed by atoms with E-state index in [1.807, 2.05) is 19.1 Å². The molecular weight excluding hydrogens is 219 g/mol. The first-order chi connectivity index (χ1) is 6.58. The average Bonchev–Trinajstić information content (AvgIpc) is 2.08. The number of aromatic nitrogens is 1. The SMILES string of the molecule is Cc1cc(Cl)cc2nc(Cl)c(N)cc12. The highest BCUT2D eigenvalue weighted by atomic mass is 35.5. The van der Waals surface area contributed by atoms with Gasteiger partial charge in [-0.15, -0.1) is 0 Å². The molecule has 0 aliphatic heterocycles. The fourth-order valence-corrected chi connectivity index (χ4v) is 1.81. The molecule has 0 aliphatic rings. The van der Waals surface area contributed by atoms with E-state index in [0.717, 1.165) is 16.5 Å². The molecule has 0 bridgehead atoms. The Balaban J connectivity index is 2.89. The molecule has 1 aromatic carbocycles. The Morgan fingerprint density at radius 2 is 1.93 bits per heavy atom. The molecule has 2 N–H and O–H groups in total. The van der Waals surface area contributed by atoms with E-state index in [9.17, 15) is 0 Å². The topological polar surface area (TPSA) is 38.9 Å². The summed E-state index contributed by atoms with van der Waals surface area (Å²) in [5.74, 6) is 0. The molecule has 0 spiro atoms. The molecule has 2 rings (SSSR count). The van der Waals surface area contributed by atoms with Crippen LogP contribution in [-0.2, 0) is 0 Å². The molecule has 1 aromatic heterocycles. The molecule has 14 heavy (non-hydrogen) atoms. The van der Waals surface area contributed by atoms with Gasteiger partial charge in [-0.05, 0) is 30.7 Å². The Kier molecular flexibility index (Phi) is 2.25. The molecule has 2 aromatic rings. The Hall–Kier alpha value is -0.990. The fraction of sp³-hybridized carbons (Fsp3) is 0.100. The lowest BCUT2D eigenvalue weighted by Gasteiger charge is -2.04. The van der Waals surface area contributed by atoms with Crippen LogP contribution in [-0.4, -0.2) is 4.98 Å². The second kappa shape index (κ2) is 3.30. The van der Waals surface area contributed by atoms with E-state index in [4.69, 9.17) is 28.9 Å². The monoisotopic (exact) mass is 226 g/mol. The van der Waals surface area contributed by atoms with Crippen LogP contribution in [0.25, 0.3) is 10.9 Å². The van der Waals surface area contributed by atoms with E-state index >= 15 is 0 Å². The molecule has 0 radical (unpaired) electrons. The van der Waals surface area contributed by atoms with Crippen LogP contribution >= 0.6 is 23.2 Å². The fourth-order valence-electron chi connectivity index (χ4n) is 1.40. The minimum absolute atomic E-state index is 0.319. The normalized spacial score (nSPS) is 10.8. The van der Waals surface area contributed by atoms with Crippen LogP contribution in [0.5, 0.6) is 0 Å². The number of hydrogen-bond donors (Lipinski definition) is 1. The highest BCUT2D eigenvalue weighted by Gasteiger charge is 2.04. The number of hydrogen-bond acceptors (Lipinski definition) is 2. The zero-order valence-electron chi connectivity index (χ0n) is 7.51. The third kappa shape index (κ3) is 1.51. The number of nitrogen functional groups attached to an aromatic ring is 1. The van der Waals surface area contributed by atoms with Crippen molar-refractivity contribution in [2.24, 2.45) is 0 Å². The lowest BCUT2D eigenvalue weighted by molar-refractivity contribution is 1.39. The van der Waals surface area contributed by atoms with Gasteiger partial charge in [0, 0.05) is 10.4 Å². The maximum Gasteiger partial charge on any atom is 0.152 e. The average molecular weight is 227 g/mol. The van der Waals surface area contributed by atoms with Gasteiger partial charge in [0.2, 0.25) is 0 Å². The number of halogens is 2. The summed E-state index contributed by atoms with van der Waals surface area (Å²) in [6.45, 7) is 1.96. The summed E-state index contributed by atoms with van der Waals surface area (Å²) in [6.07, 6.45) is 0. The highest BCUT2D eigenvalue weighted by Crippen LogP contribution is 2.27. The molecule has 2 nitrogen and oxygen atoms in total. The molecule has 0 amide bonds. The number of nitrogens with zero attached hydrogens (tertiary/aromatic N) is 1. The van der Waals surface area contributed by atoms with E-state index < -0.39 is 0 Å². The standard InChI is InChI=1S/C10H8Cl2N2/c1-5-2-6(11)3-9-7(5)4-8(13)10(12)14-9/h2-4H,13H2,1H3. The minimum atomic E-state index is 0.319. The van der Waals surface area contributed by atoms with Crippen molar-refractivity contribution < 1.29 is 0 Å². The van der Waals surface area contributed by atoms with Crippen LogP contribution in [0.2, 0.25) is 10.2 Å². The van der Waals surface area contributed by atoms with Crippen LogP contribution in [0.1, 0.15) is 5.56 Å². The highest BCUT2D eigenvalue weighted by molar-refractivity contribution is 6.33. The van der Waals surface area contributed by atoms with Gasteiger partial charge in [0.1, 0.15) is 0 Å². The van der Waals surface area contributed by atoms with Crippen molar-refractivity contribution in [3.63, 3.8) is 0 Å². The zero-order valence-corrected chi connectivity index (χ0v) is 9.02. The first kappa shape index (κ1) is 9.56. The summed E-state index contributed by atoms with van der Waals surface area (Å²) in [5.41, 5.74) is 7.97. The van der Waals surface area contributed by atoms with Crippen LogP contribution in [0, 0.1) is 6.92 Å². The second-order valence-electron chi connectivity index (χ2n) is 3.16. The molecule has 0 aliphatic carbocycles. The number of benzene rings is 1. The van der Waals surface area contributed by atoms with Crippen molar-refractivity contribution in [3.05, 3.63) is 33.9 Å². The van der Waals surface area contributed by atoms with Gasteiger partial charge in [-0.25, -0.2) is 4.98 Å². The molecule has 0 atom stereocenters. The van der Waals surface area contributed by atoms with Crippen molar-refractivity contribution in [2.45, 2.75) is 6.92 Å². The molecule has 0 fully saturated rings. The lowest BCUT2D eigenvalue weighted by Crippen LogP contribution is -1.91. The largest absolute Gasteiger partial charge is 0.396 e. The minimum Gasteiger partial charge on any atom is -0.396 e. The van der Waals surface area contributed by atoms with Gasteiger partial charge in [-0.1, -0.05) is 23.2 Å². The molecule has 0 unspecified atom stereocenters. The quantitative estimate of drug-likeness (QED) is 0.700. The third-order valence-corrected chi connectivity index (χ3v) is 2.61. The summed E-state index contributed by atoms with van der Waals surface area (Å²) in [4.78, 5) is 4.15. The van der Waals surface area contributed by atoms with Crippen LogP contribution < -0.4 is 5.73 Å². The van der Waals surface area contributed by atoms with E-state index in [0.29, 0.717) is 15.9 Å². The maximum atomic E-state index is 5.90. The summed E-state index contributed by atoms with van der Waals surface area (Å²) in [6, 6.07) is 5.46. The van der Waals surface area contributed by atoms with Crippen LogP contribution in [0.15, 0.2) is 18.2 Å². The summed E-state index contributed by atoms with van der Waals surface area (Å²) >= 11 is 11.7. The van der Waals surface area contributed by atoms with Gasteiger partial charge in [-0.3, -0.25) is 0 Å².